The van der Waals surface area contributed by atoms with Gasteiger partial charge < -0.3 is 9.47 Å². The number of esters is 1. The fourth-order valence-electron chi connectivity index (χ4n) is 0.444. The van der Waals surface area contributed by atoms with Crippen molar-refractivity contribution in [2.75, 3.05) is 7.11 Å². The van der Waals surface area contributed by atoms with Crippen molar-refractivity contribution >= 4 is 34.3 Å². The molecule has 0 amide bonds. The molecule has 0 aromatic heterocycles. The second-order valence-corrected chi connectivity index (χ2v) is 3.72. The predicted molar refractivity (Wildman–Crippen MR) is 48.8 cm³/mol. The van der Waals surface area contributed by atoms with Crippen molar-refractivity contribution in [3.05, 3.63) is 0 Å². The van der Waals surface area contributed by atoms with Gasteiger partial charge in [-0.15, -0.1) is 0 Å². The molecule has 1 unspecified atom stereocenters. The lowest BCUT2D eigenvalue weighted by Gasteiger charge is -2.18. The van der Waals surface area contributed by atoms with Crippen molar-refractivity contribution in [2.24, 2.45) is 0 Å². The monoisotopic (exact) mass is 248 g/mol. The van der Waals surface area contributed by atoms with Gasteiger partial charge in [0.2, 0.25) is 4.38 Å². The highest BCUT2D eigenvalue weighted by Crippen LogP contribution is 2.32. The Kier molecular flexibility index (Phi) is 5.21. The van der Waals surface area contributed by atoms with Crippen LogP contribution in [0, 0.1) is 0 Å². The van der Waals surface area contributed by atoms with E-state index in [2.05, 4.69) is 21.7 Å². The van der Waals surface area contributed by atoms with E-state index in [9.17, 15) is 18.0 Å². The van der Waals surface area contributed by atoms with Crippen LogP contribution >= 0.6 is 24.0 Å². The molecule has 0 fully saturated rings. The summed E-state index contributed by atoms with van der Waals surface area (Å²) in [5, 5.41) is 0. The summed E-state index contributed by atoms with van der Waals surface area (Å²) < 4.78 is 44.5. The van der Waals surface area contributed by atoms with Crippen LogP contribution in [0.4, 0.5) is 13.2 Å². The Hall–Kier alpha value is -0.500. The van der Waals surface area contributed by atoms with E-state index in [-0.39, 0.29) is 16.1 Å². The maximum atomic E-state index is 12.2. The van der Waals surface area contributed by atoms with Gasteiger partial charge in [-0.25, -0.2) is 0 Å². The van der Waals surface area contributed by atoms with Crippen LogP contribution in [0.2, 0.25) is 0 Å². The SMILES string of the molecule is COC(=S)SC(OC(C)=O)C(F)(F)F. The van der Waals surface area contributed by atoms with Crippen LogP contribution in [0.3, 0.4) is 0 Å². The summed E-state index contributed by atoms with van der Waals surface area (Å²) in [6.07, 6.45) is -4.67. The van der Waals surface area contributed by atoms with Crippen molar-refractivity contribution in [2.45, 2.75) is 18.5 Å². The molecule has 0 saturated heterocycles. The van der Waals surface area contributed by atoms with E-state index >= 15 is 0 Å². The van der Waals surface area contributed by atoms with Crippen LogP contribution in [0.25, 0.3) is 0 Å². The Morgan fingerprint density at radius 1 is 1.50 bits per heavy atom. The van der Waals surface area contributed by atoms with E-state index < -0.39 is 17.6 Å². The van der Waals surface area contributed by atoms with Gasteiger partial charge in [-0.2, -0.15) is 13.2 Å². The molecule has 0 heterocycles. The van der Waals surface area contributed by atoms with Gasteiger partial charge in [0.25, 0.3) is 5.44 Å². The fraction of sp³-hybridized carbons (Fsp3) is 0.667. The zero-order valence-electron chi connectivity index (χ0n) is 7.25. The summed E-state index contributed by atoms with van der Waals surface area (Å²) >= 11 is 4.52. The summed E-state index contributed by atoms with van der Waals surface area (Å²) in [7, 11) is 1.14. The highest BCUT2D eigenvalue weighted by atomic mass is 32.2. The molecule has 0 aromatic rings. The maximum absolute atomic E-state index is 12.2. The number of hydrogen-bond acceptors (Lipinski definition) is 5. The van der Waals surface area contributed by atoms with E-state index in [4.69, 9.17) is 0 Å². The summed E-state index contributed by atoms with van der Waals surface area (Å²) in [6.45, 7) is 0.884. The normalized spacial score (nSPS) is 13.2. The molecule has 0 aliphatic rings. The number of carbonyl (C=O) groups excluding carboxylic acids is 1. The van der Waals surface area contributed by atoms with Crippen molar-refractivity contribution in [1.82, 2.24) is 0 Å². The first-order chi connectivity index (χ1) is 6.27. The molecule has 0 aromatic carbocycles. The zero-order chi connectivity index (χ0) is 11.4. The molecular weight excluding hydrogens is 241 g/mol. The smallest absolute Gasteiger partial charge is 0.435 e. The Morgan fingerprint density at radius 3 is 2.29 bits per heavy atom. The minimum absolute atomic E-state index is 0.121. The third-order valence-corrected chi connectivity index (χ3v) is 2.30. The lowest BCUT2D eigenvalue weighted by molar-refractivity contribution is -0.195. The number of rotatable bonds is 2. The average Bonchev–Trinajstić information content (AvgIpc) is 2.00. The van der Waals surface area contributed by atoms with Gasteiger partial charge in [0, 0.05) is 6.92 Å². The lowest BCUT2D eigenvalue weighted by Crippen LogP contribution is -2.31. The minimum Gasteiger partial charge on any atom is -0.482 e. The molecule has 0 radical (unpaired) electrons. The van der Waals surface area contributed by atoms with Crippen molar-refractivity contribution in [1.29, 1.82) is 0 Å². The van der Waals surface area contributed by atoms with Crippen molar-refractivity contribution in [3.63, 3.8) is 0 Å². The summed E-state index contributed by atoms with van der Waals surface area (Å²) in [6, 6.07) is 0. The molecule has 0 aliphatic carbocycles. The number of alkyl halides is 3. The van der Waals surface area contributed by atoms with E-state index in [0.29, 0.717) is 0 Å². The quantitative estimate of drug-likeness (QED) is 0.425. The van der Waals surface area contributed by atoms with E-state index in [1.54, 1.807) is 0 Å². The summed E-state index contributed by atoms with van der Waals surface area (Å²) in [4.78, 5) is 10.4. The van der Waals surface area contributed by atoms with Gasteiger partial charge in [-0.3, -0.25) is 4.79 Å². The molecule has 1 atom stereocenters. The number of thioether (sulfide) groups is 1. The van der Waals surface area contributed by atoms with E-state index in [1.165, 1.54) is 0 Å². The predicted octanol–water partition coefficient (Wildman–Crippen LogP) is 2.10. The van der Waals surface area contributed by atoms with Crippen molar-refractivity contribution in [3.8, 4) is 0 Å². The highest BCUT2D eigenvalue weighted by Gasteiger charge is 2.44. The largest absolute Gasteiger partial charge is 0.482 e. The standard InChI is InChI=1S/C6H7F3O3S2/c1-3(10)12-4(6(7,8)9)14-5(13)11-2/h4H,1-2H3. The third kappa shape index (κ3) is 5.28. The molecule has 8 heteroatoms. The van der Waals surface area contributed by atoms with Crippen LogP contribution in [-0.2, 0) is 14.3 Å². The highest BCUT2D eigenvalue weighted by molar-refractivity contribution is 8.22. The number of halogens is 3. The second-order valence-electron chi connectivity index (χ2n) is 2.05. The Morgan fingerprint density at radius 2 is 2.00 bits per heavy atom. The Bertz CT molecular complexity index is 229. The molecule has 3 nitrogen and oxygen atoms in total. The summed E-state index contributed by atoms with van der Waals surface area (Å²) in [5.41, 5.74) is -2.31. The van der Waals surface area contributed by atoms with Gasteiger partial charge in [0.1, 0.15) is 0 Å². The van der Waals surface area contributed by atoms with Gasteiger partial charge in [0.05, 0.1) is 7.11 Å². The zero-order valence-corrected chi connectivity index (χ0v) is 8.89. The third-order valence-electron chi connectivity index (χ3n) is 0.910. The Balaban J connectivity index is 4.41. The molecule has 0 bridgehead atoms. The average molecular weight is 248 g/mol. The molecule has 0 spiro atoms. The topological polar surface area (TPSA) is 35.5 Å². The van der Waals surface area contributed by atoms with Crippen LogP contribution in [-0.4, -0.2) is 29.1 Å². The van der Waals surface area contributed by atoms with Crippen LogP contribution in [0.15, 0.2) is 0 Å². The minimum atomic E-state index is -4.67. The number of ether oxygens (including phenoxy) is 2. The van der Waals surface area contributed by atoms with Crippen molar-refractivity contribution < 1.29 is 27.4 Å². The molecule has 14 heavy (non-hydrogen) atoms. The van der Waals surface area contributed by atoms with E-state index in [0.717, 1.165) is 14.0 Å². The molecule has 0 saturated carbocycles. The number of hydrogen-bond donors (Lipinski definition) is 0. The van der Waals surface area contributed by atoms with Gasteiger partial charge >= 0.3 is 12.1 Å². The van der Waals surface area contributed by atoms with Gasteiger partial charge in [-0.1, -0.05) is 0 Å². The lowest BCUT2D eigenvalue weighted by atomic mass is 10.7. The van der Waals surface area contributed by atoms with Gasteiger partial charge in [0.15, 0.2) is 0 Å². The Labute approximate surface area is 87.9 Å². The number of methoxy groups -OCH3 is 1. The van der Waals surface area contributed by atoms with Crippen LogP contribution < -0.4 is 0 Å². The van der Waals surface area contributed by atoms with Crippen LogP contribution in [0.1, 0.15) is 6.92 Å². The summed E-state index contributed by atoms with van der Waals surface area (Å²) in [5.74, 6) is -1.03. The molecule has 0 N–H and O–H groups in total. The van der Waals surface area contributed by atoms with E-state index in [1.807, 2.05) is 0 Å². The first kappa shape index (κ1) is 13.5. The number of carbonyl (C=O) groups is 1. The molecule has 82 valence electrons. The molecular formula is C6H7F3O3S2. The molecule has 0 rings (SSSR count). The molecule has 0 aliphatic heterocycles. The first-order valence-electron chi connectivity index (χ1n) is 3.26. The van der Waals surface area contributed by atoms with Gasteiger partial charge in [-0.05, 0) is 24.0 Å². The maximum Gasteiger partial charge on any atom is 0.435 e. The fourth-order valence-corrected chi connectivity index (χ4v) is 1.29. The second kappa shape index (κ2) is 5.40. The van der Waals surface area contributed by atoms with Crippen LogP contribution in [0.5, 0.6) is 0 Å². The number of thiocarbonyl (C=S) groups is 1. The first-order valence-corrected chi connectivity index (χ1v) is 4.54.